The molecule has 2 aromatic rings. The van der Waals surface area contributed by atoms with Crippen molar-refractivity contribution in [3.05, 3.63) is 42.7 Å². The minimum Gasteiger partial charge on any atom is -0.324 e. The first kappa shape index (κ1) is 15.0. The predicted molar refractivity (Wildman–Crippen MR) is 78.7 cm³/mol. The Morgan fingerprint density at radius 2 is 2.05 bits per heavy atom. The molecular formula is C12H15N5O3S. The van der Waals surface area contributed by atoms with Gasteiger partial charge in [-0.3, -0.25) is 14.2 Å². The Hall–Kier alpha value is -2.39. The molecule has 9 heteroatoms. The van der Waals surface area contributed by atoms with Crippen LogP contribution in [0.3, 0.4) is 0 Å². The molecule has 0 spiro atoms. The van der Waals surface area contributed by atoms with Crippen molar-refractivity contribution in [2.75, 3.05) is 10.0 Å². The Kier molecular flexibility index (Phi) is 4.24. The number of carbonyl (C=O) groups is 1. The first-order chi connectivity index (χ1) is 9.85. The maximum absolute atomic E-state index is 12.1. The van der Waals surface area contributed by atoms with Gasteiger partial charge >= 0.3 is 0 Å². The summed E-state index contributed by atoms with van der Waals surface area (Å²) in [4.78, 5) is 12.1. The number of hydrogen-bond acceptors (Lipinski definition) is 4. The van der Waals surface area contributed by atoms with E-state index in [-0.39, 0.29) is 11.6 Å². The molecule has 0 aliphatic heterocycles. The third kappa shape index (κ3) is 4.29. The number of carbonyl (C=O) groups excluding carboxylic acids is 1. The van der Waals surface area contributed by atoms with Gasteiger partial charge in [0.15, 0.2) is 0 Å². The van der Waals surface area contributed by atoms with Crippen LogP contribution in [0.2, 0.25) is 0 Å². The third-order valence-corrected chi connectivity index (χ3v) is 3.21. The molecule has 1 heterocycles. The summed E-state index contributed by atoms with van der Waals surface area (Å²) in [5.41, 5.74) is 0.717. The maximum Gasteiger partial charge on any atom is 0.296 e. The zero-order valence-electron chi connectivity index (χ0n) is 11.2. The average Bonchev–Trinajstić information content (AvgIpc) is 2.89. The summed E-state index contributed by atoms with van der Waals surface area (Å²) in [6, 6.07) is 7.47. The largest absolute Gasteiger partial charge is 0.324 e. The van der Waals surface area contributed by atoms with E-state index >= 15 is 0 Å². The molecule has 0 radical (unpaired) electrons. The molecule has 0 fully saturated rings. The van der Waals surface area contributed by atoms with Crippen LogP contribution in [0, 0.1) is 0 Å². The van der Waals surface area contributed by atoms with Gasteiger partial charge in [-0.25, -0.2) is 5.14 Å². The lowest BCUT2D eigenvalue weighted by molar-refractivity contribution is -0.119. The van der Waals surface area contributed by atoms with Gasteiger partial charge < -0.3 is 5.32 Å². The molecule has 0 saturated heterocycles. The van der Waals surface area contributed by atoms with Crippen LogP contribution in [0.4, 0.5) is 11.4 Å². The first-order valence-electron chi connectivity index (χ1n) is 6.06. The lowest BCUT2D eigenvalue weighted by atomic mass is 10.2. The Balaban J connectivity index is 2.09. The van der Waals surface area contributed by atoms with E-state index in [2.05, 4.69) is 15.1 Å². The second kappa shape index (κ2) is 5.94. The van der Waals surface area contributed by atoms with Gasteiger partial charge in [-0.1, -0.05) is 6.07 Å². The van der Waals surface area contributed by atoms with Crippen molar-refractivity contribution in [2.24, 2.45) is 5.14 Å². The highest BCUT2D eigenvalue weighted by atomic mass is 32.2. The van der Waals surface area contributed by atoms with Crippen LogP contribution in [0.5, 0.6) is 0 Å². The molecule has 8 nitrogen and oxygen atoms in total. The number of aromatic nitrogens is 2. The van der Waals surface area contributed by atoms with E-state index in [1.165, 1.54) is 16.8 Å². The van der Waals surface area contributed by atoms with E-state index in [4.69, 9.17) is 5.14 Å². The van der Waals surface area contributed by atoms with Crippen molar-refractivity contribution in [3.63, 3.8) is 0 Å². The smallest absolute Gasteiger partial charge is 0.296 e. The van der Waals surface area contributed by atoms with Gasteiger partial charge in [0.25, 0.3) is 10.2 Å². The highest BCUT2D eigenvalue weighted by Gasteiger charge is 2.15. The Bertz CT molecular complexity index is 727. The fraction of sp³-hybridized carbons (Fsp3) is 0.167. The monoisotopic (exact) mass is 309 g/mol. The molecule has 1 atom stereocenters. The summed E-state index contributed by atoms with van der Waals surface area (Å²) in [6.45, 7) is 1.70. The molecule has 112 valence electrons. The summed E-state index contributed by atoms with van der Waals surface area (Å²) in [6.07, 6.45) is 3.27. The number of rotatable bonds is 5. The first-order valence-corrected chi connectivity index (χ1v) is 7.60. The number of nitrogens with zero attached hydrogens (tertiary/aromatic N) is 2. The lowest BCUT2D eigenvalue weighted by Gasteiger charge is -2.13. The van der Waals surface area contributed by atoms with Gasteiger partial charge in [-0.05, 0) is 31.2 Å². The van der Waals surface area contributed by atoms with E-state index in [1.54, 1.807) is 37.5 Å². The van der Waals surface area contributed by atoms with Crippen LogP contribution in [0.15, 0.2) is 42.7 Å². The third-order valence-electron chi connectivity index (χ3n) is 2.69. The van der Waals surface area contributed by atoms with Crippen molar-refractivity contribution in [1.82, 2.24) is 9.78 Å². The fourth-order valence-corrected chi connectivity index (χ4v) is 2.16. The number of benzene rings is 1. The van der Waals surface area contributed by atoms with Gasteiger partial charge in [0.05, 0.1) is 5.69 Å². The highest BCUT2D eigenvalue weighted by Crippen LogP contribution is 2.17. The Morgan fingerprint density at radius 3 is 2.67 bits per heavy atom. The van der Waals surface area contributed by atoms with Crippen LogP contribution in [0.1, 0.15) is 13.0 Å². The van der Waals surface area contributed by atoms with Crippen molar-refractivity contribution in [1.29, 1.82) is 0 Å². The Labute approximate surface area is 122 Å². The summed E-state index contributed by atoms with van der Waals surface area (Å²) in [5, 5.41) is 11.6. The molecule has 0 bridgehead atoms. The van der Waals surface area contributed by atoms with Gasteiger partial charge in [-0.15, -0.1) is 0 Å². The van der Waals surface area contributed by atoms with E-state index in [0.29, 0.717) is 5.69 Å². The Morgan fingerprint density at radius 1 is 1.33 bits per heavy atom. The van der Waals surface area contributed by atoms with E-state index < -0.39 is 16.3 Å². The molecule has 21 heavy (non-hydrogen) atoms. The quantitative estimate of drug-likeness (QED) is 0.753. The second-order valence-corrected chi connectivity index (χ2v) is 5.67. The molecule has 1 unspecified atom stereocenters. The standard InChI is InChI=1S/C12H15N5O3S/c1-9(17-7-3-6-14-17)12(18)15-10-4-2-5-11(8-10)16-21(13,19)20/h2-9,16H,1H3,(H,15,18)(H2,13,19,20). The van der Waals surface area contributed by atoms with Gasteiger partial charge in [-0.2, -0.15) is 13.5 Å². The van der Waals surface area contributed by atoms with E-state index in [0.717, 1.165) is 0 Å². The van der Waals surface area contributed by atoms with E-state index in [9.17, 15) is 13.2 Å². The summed E-state index contributed by atoms with van der Waals surface area (Å²) < 4.78 is 25.6. The minimum atomic E-state index is -3.85. The number of hydrogen-bond donors (Lipinski definition) is 3. The van der Waals surface area contributed by atoms with Crippen LogP contribution >= 0.6 is 0 Å². The number of amides is 1. The molecule has 2 rings (SSSR count). The van der Waals surface area contributed by atoms with Crippen LogP contribution in [-0.2, 0) is 15.0 Å². The van der Waals surface area contributed by atoms with Crippen LogP contribution in [0.25, 0.3) is 0 Å². The molecule has 1 amide bonds. The maximum atomic E-state index is 12.1. The fourth-order valence-electron chi connectivity index (χ4n) is 1.70. The van der Waals surface area contributed by atoms with Gasteiger partial charge in [0.1, 0.15) is 6.04 Å². The zero-order valence-corrected chi connectivity index (χ0v) is 12.0. The van der Waals surface area contributed by atoms with E-state index in [1.807, 2.05) is 0 Å². The summed E-state index contributed by atoms with van der Waals surface area (Å²) in [5.74, 6) is -0.272. The topological polar surface area (TPSA) is 119 Å². The normalized spacial score (nSPS) is 12.7. The van der Waals surface area contributed by atoms with Gasteiger partial charge in [0.2, 0.25) is 5.91 Å². The molecule has 1 aromatic heterocycles. The number of anilines is 2. The summed E-state index contributed by atoms with van der Waals surface area (Å²) >= 11 is 0. The molecule has 1 aromatic carbocycles. The molecule has 0 saturated carbocycles. The lowest BCUT2D eigenvalue weighted by Crippen LogP contribution is -2.24. The average molecular weight is 309 g/mol. The minimum absolute atomic E-state index is 0.266. The second-order valence-electron chi connectivity index (χ2n) is 4.38. The molecule has 0 aliphatic carbocycles. The molecule has 0 aliphatic rings. The predicted octanol–water partition coefficient (Wildman–Crippen LogP) is 0.698. The highest BCUT2D eigenvalue weighted by molar-refractivity contribution is 7.90. The van der Waals surface area contributed by atoms with Crippen LogP contribution in [-0.4, -0.2) is 24.1 Å². The SMILES string of the molecule is CC(C(=O)Nc1cccc(NS(N)(=O)=O)c1)n1cccn1. The molecular weight excluding hydrogens is 294 g/mol. The van der Waals surface area contributed by atoms with Crippen LogP contribution < -0.4 is 15.2 Å². The van der Waals surface area contributed by atoms with Crippen molar-refractivity contribution >= 4 is 27.5 Å². The zero-order chi connectivity index (χ0) is 15.5. The molecule has 4 N–H and O–H groups in total. The number of nitrogens with two attached hydrogens (primary N) is 1. The van der Waals surface area contributed by atoms with Crippen molar-refractivity contribution < 1.29 is 13.2 Å². The summed E-state index contributed by atoms with van der Waals surface area (Å²) in [7, 11) is -3.85. The number of nitrogens with one attached hydrogen (secondary N) is 2. The van der Waals surface area contributed by atoms with Gasteiger partial charge in [0, 0.05) is 18.1 Å². The van der Waals surface area contributed by atoms with Crippen molar-refractivity contribution in [3.8, 4) is 0 Å². The van der Waals surface area contributed by atoms with Crippen molar-refractivity contribution in [2.45, 2.75) is 13.0 Å².